The highest BCUT2D eigenvalue weighted by atomic mass is 16.6. The van der Waals surface area contributed by atoms with Crippen molar-refractivity contribution in [3.63, 3.8) is 0 Å². The molecule has 0 saturated carbocycles. The van der Waals surface area contributed by atoms with E-state index in [0.717, 1.165) is 31.5 Å². The van der Waals surface area contributed by atoms with Gasteiger partial charge in [-0.25, -0.2) is 4.79 Å². The van der Waals surface area contributed by atoms with Crippen LogP contribution in [0.5, 0.6) is 0 Å². The van der Waals surface area contributed by atoms with E-state index in [-0.39, 0.29) is 11.9 Å². The van der Waals surface area contributed by atoms with E-state index in [0.29, 0.717) is 12.5 Å². The lowest BCUT2D eigenvalue weighted by Gasteiger charge is -2.42. The summed E-state index contributed by atoms with van der Waals surface area (Å²) in [4.78, 5) is 26.9. The second-order valence-corrected chi connectivity index (χ2v) is 8.57. The number of nitrogens with zero attached hydrogens (tertiary/aromatic N) is 1. The summed E-state index contributed by atoms with van der Waals surface area (Å²) in [5.41, 5.74) is -0.244. The number of ether oxygens (including phenoxy) is 1. The molecule has 1 aliphatic rings. The number of carbonyl (C=O) groups excluding carboxylic acids is 2. The molecule has 0 radical (unpaired) electrons. The number of hydrogen-bond acceptors (Lipinski definition) is 4. The second kappa shape index (κ2) is 8.21. The smallest absolute Gasteiger partial charge is 0.407 e. The first-order chi connectivity index (χ1) is 12.1. The zero-order chi connectivity index (χ0) is 19.4. The molecule has 5 heteroatoms. The molecular formula is C21H32N2O3. The van der Waals surface area contributed by atoms with Gasteiger partial charge in [0.2, 0.25) is 0 Å². The number of likely N-dealkylation sites (tertiary alicyclic amines) is 1. The Morgan fingerprint density at radius 1 is 1.08 bits per heavy atom. The van der Waals surface area contributed by atoms with Gasteiger partial charge in [-0.15, -0.1) is 0 Å². The van der Waals surface area contributed by atoms with Crippen molar-refractivity contribution in [2.75, 3.05) is 19.6 Å². The third kappa shape index (κ3) is 5.56. The van der Waals surface area contributed by atoms with Gasteiger partial charge in [-0.2, -0.15) is 0 Å². The molecule has 2 rings (SSSR count). The number of rotatable bonds is 5. The van der Waals surface area contributed by atoms with Crippen molar-refractivity contribution in [2.45, 2.75) is 58.6 Å². The minimum atomic E-state index is -0.523. The van der Waals surface area contributed by atoms with Crippen LogP contribution < -0.4 is 5.32 Å². The maximum atomic E-state index is 12.9. The summed E-state index contributed by atoms with van der Waals surface area (Å²) in [5.74, 6) is 0.574. The van der Waals surface area contributed by atoms with Crippen molar-refractivity contribution >= 4 is 11.9 Å². The molecule has 1 aromatic rings. The highest BCUT2D eigenvalue weighted by Crippen LogP contribution is 2.27. The van der Waals surface area contributed by atoms with E-state index in [2.05, 4.69) is 10.2 Å². The van der Waals surface area contributed by atoms with Crippen LogP contribution in [0, 0.1) is 5.92 Å². The maximum absolute atomic E-state index is 12.9. The van der Waals surface area contributed by atoms with Crippen LogP contribution in [0.25, 0.3) is 0 Å². The number of alkyl carbamates (subject to hydrolysis) is 1. The number of Topliss-reactive ketones (excluding diaryl/α,β-unsaturated/α-hetero) is 1. The molecule has 1 aromatic carbocycles. The fourth-order valence-corrected chi connectivity index (χ4v) is 3.32. The number of carbonyl (C=O) groups is 2. The first kappa shape index (κ1) is 20.4. The van der Waals surface area contributed by atoms with Gasteiger partial charge in [-0.1, -0.05) is 30.3 Å². The van der Waals surface area contributed by atoms with Crippen LogP contribution in [0.4, 0.5) is 4.79 Å². The standard InChI is InChI=1S/C21H32N2O3/c1-20(2,3)26-19(25)22-15-16-11-13-23(14-12-16)21(4,5)18(24)17-9-7-6-8-10-17/h6-10,16H,11-15H2,1-5H3,(H,22,25). The lowest BCUT2D eigenvalue weighted by atomic mass is 9.87. The molecule has 0 aliphatic carbocycles. The third-order valence-electron chi connectivity index (χ3n) is 4.93. The Labute approximate surface area is 157 Å². The number of hydrogen-bond donors (Lipinski definition) is 1. The molecule has 0 atom stereocenters. The Morgan fingerprint density at radius 3 is 2.19 bits per heavy atom. The van der Waals surface area contributed by atoms with Crippen molar-refractivity contribution < 1.29 is 14.3 Å². The SMILES string of the molecule is CC(C)(C)OC(=O)NCC1CCN(C(C)(C)C(=O)c2ccccc2)CC1. The monoisotopic (exact) mass is 360 g/mol. The Morgan fingerprint density at radius 2 is 1.65 bits per heavy atom. The van der Waals surface area contributed by atoms with E-state index in [1.54, 1.807) is 0 Å². The average molecular weight is 360 g/mol. The van der Waals surface area contributed by atoms with E-state index < -0.39 is 11.1 Å². The summed E-state index contributed by atoms with van der Waals surface area (Å²) in [6.45, 7) is 11.9. The molecule has 0 unspecified atom stereocenters. The van der Waals surface area contributed by atoms with Gasteiger partial charge < -0.3 is 10.1 Å². The van der Waals surface area contributed by atoms with Crippen molar-refractivity contribution in [1.82, 2.24) is 10.2 Å². The average Bonchev–Trinajstić information content (AvgIpc) is 2.59. The molecule has 144 valence electrons. The zero-order valence-electron chi connectivity index (χ0n) is 16.7. The fourth-order valence-electron chi connectivity index (χ4n) is 3.32. The van der Waals surface area contributed by atoms with E-state index in [4.69, 9.17) is 4.74 Å². The van der Waals surface area contributed by atoms with Gasteiger partial charge in [0.1, 0.15) is 5.60 Å². The highest BCUT2D eigenvalue weighted by Gasteiger charge is 2.37. The largest absolute Gasteiger partial charge is 0.444 e. The summed E-state index contributed by atoms with van der Waals surface area (Å²) >= 11 is 0. The normalized spacial score (nSPS) is 17.0. The predicted molar refractivity (Wildman–Crippen MR) is 103 cm³/mol. The minimum absolute atomic E-state index is 0.156. The molecule has 1 heterocycles. The van der Waals surface area contributed by atoms with Crippen LogP contribution >= 0.6 is 0 Å². The Kier molecular flexibility index (Phi) is 6.45. The molecule has 5 nitrogen and oxygen atoms in total. The lowest BCUT2D eigenvalue weighted by molar-refractivity contribution is 0.0454. The van der Waals surface area contributed by atoms with Crippen molar-refractivity contribution in [3.8, 4) is 0 Å². The van der Waals surface area contributed by atoms with Gasteiger partial charge >= 0.3 is 6.09 Å². The molecule has 1 N–H and O–H groups in total. The highest BCUT2D eigenvalue weighted by molar-refractivity contribution is 6.02. The Hall–Kier alpha value is -1.88. The van der Waals surface area contributed by atoms with Crippen LogP contribution in [-0.2, 0) is 4.74 Å². The number of benzene rings is 1. The van der Waals surface area contributed by atoms with E-state index in [1.807, 2.05) is 65.0 Å². The number of ketones is 1. The fraction of sp³-hybridized carbons (Fsp3) is 0.619. The van der Waals surface area contributed by atoms with Crippen molar-refractivity contribution in [2.24, 2.45) is 5.92 Å². The minimum Gasteiger partial charge on any atom is -0.444 e. The van der Waals surface area contributed by atoms with Gasteiger partial charge in [0.05, 0.1) is 5.54 Å². The summed E-state index contributed by atoms with van der Waals surface area (Å²) < 4.78 is 5.28. The summed E-state index contributed by atoms with van der Waals surface area (Å²) in [5, 5.41) is 2.86. The lowest BCUT2D eigenvalue weighted by Crippen LogP contribution is -2.53. The maximum Gasteiger partial charge on any atom is 0.407 e. The Bertz CT molecular complexity index is 612. The van der Waals surface area contributed by atoms with Crippen molar-refractivity contribution in [1.29, 1.82) is 0 Å². The van der Waals surface area contributed by atoms with Crippen LogP contribution in [0.3, 0.4) is 0 Å². The first-order valence-electron chi connectivity index (χ1n) is 9.41. The van der Waals surface area contributed by atoms with E-state index in [9.17, 15) is 9.59 Å². The Balaban J connectivity index is 1.84. The van der Waals surface area contributed by atoms with E-state index in [1.165, 1.54) is 0 Å². The van der Waals surface area contributed by atoms with Crippen LogP contribution in [0.1, 0.15) is 57.8 Å². The van der Waals surface area contributed by atoms with Crippen LogP contribution in [0.15, 0.2) is 30.3 Å². The zero-order valence-corrected chi connectivity index (χ0v) is 16.7. The van der Waals surface area contributed by atoms with Gasteiger partial charge in [-0.05, 0) is 66.5 Å². The number of piperidine rings is 1. The van der Waals surface area contributed by atoms with Gasteiger partial charge in [0.15, 0.2) is 5.78 Å². The quantitative estimate of drug-likeness (QED) is 0.810. The molecule has 1 fully saturated rings. The molecule has 26 heavy (non-hydrogen) atoms. The third-order valence-corrected chi connectivity index (χ3v) is 4.93. The molecule has 1 aliphatic heterocycles. The summed E-state index contributed by atoms with van der Waals surface area (Å²) in [7, 11) is 0. The second-order valence-electron chi connectivity index (χ2n) is 8.57. The number of nitrogens with one attached hydrogen (secondary N) is 1. The molecule has 0 bridgehead atoms. The molecule has 0 spiro atoms. The molecule has 0 aromatic heterocycles. The van der Waals surface area contributed by atoms with Gasteiger partial charge in [0.25, 0.3) is 0 Å². The summed E-state index contributed by atoms with van der Waals surface area (Å²) in [6.07, 6.45) is 1.56. The molecular weight excluding hydrogens is 328 g/mol. The topological polar surface area (TPSA) is 58.6 Å². The van der Waals surface area contributed by atoms with Gasteiger partial charge in [-0.3, -0.25) is 9.69 Å². The van der Waals surface area contributed by atoms with Crippen LogP contribution in [0.2, 0.25) is 0 Å². The predicted octanol–water partition coefficient (Wildman–Crippen LogP) is 3.88. The van der Waals surface area contributed by atoms with Crippen molar-refractivity contribution in [3.05, 3.63) is 35.9 Å². The molecule has 1 amide bonds. The first-order valence-corrected chi connectivity index (χ1v) is 9.41. The summed E-state index contributed by atoms with van der Waals surface area (Å²) in [6, 6.07) is 9.48. The van der Waals surface area contributed by atoms with E-state index >= 15 is 0 Å². The molecule has 1 saturated heterocycles. The van der Waals surface area contributed by atoms with Gasteiger partial charge in [0, 0.05) is 12.1 Å². The number of amides is 1. The van der Waals surface area contributed by atoms with Crippen LogP contribution in [-0.4, -0.2) is 47.6 Å².